The predicted molar refractivity (Wildman–Crippen MR) is 112 cm³/mol. The Kier molecular flexibility index (Phi) is 4.32. The quantitative estimate of drug-likeness (QED) is 0.479. The number of halogens is 2. The first-order valence-corrected chi connectivity index (χ1v) is 11.3. The Bertz CT molecular complexity index is 882. The second-order valence-corrected chi connectivity index (χ2v) is 11.0. The van der Waals surface area contributed by atoms with Gasteiger partial charge in [-0.2, -0.15) is 0 Å². The number of methoxy groups -OCH3 is 1. The van der Waals surface area contributed by atoms with Crippen molar-refractivity contribution in [2.75, 3.05) is 7.11 Å². The Morgan fingerprint density at radius 2 is 1.79 bits per heavy atom. The number of β-lactam (4-membered cyclic amide) rings is 1. The molecule has 3 atom stereocenters. The van der Waals surface area contributed by atoms with Gasteiger partial charge in [0, 0.05) is 6.04 Å². The lowest BCUT2D eigenvalue weighted by molar-refractivity contribution is -0.203. The number of hydrogen-bond donors (Lipinski definition) is 0. The first kappa shape index (κ1) is 19.7. The van der Waals surface area contributed by atoms with E-state index in [1.807, 2.05) is 26.0 Å². The van der Waals surface area contributed by atoms with Gasteiger partial charge in [-0.3, -0.25) is 9.59 Å². The van der Waals surface area contributed by atoms with Gasteiger partial charge in [-0.1, -0.05) is 35.3 Å². The molecule has 5 fully saturated rings. The third kappa shape index (κ3) is 2.57. The van der Waals surface area contributed by atoms with E-state index >= 15 is 0 Å². The van der Waals surface area contributed by atoms with Gasteiger partial charge in [-0.15, -0.1) is 0 Å². The largest absolute Gasteiger partial charge is 0.469 e. The van der Waals surface area contributed by atoms with E-state index < -0.39 is 5.41 Å². The van der Waals surface area contributed by atoms with Gasteiger partial charge in [-0.25, -0.2) is 0 Å². The summed E-state index contributed by atoms with van der Waals surface area (Å²) >= 11 is 12.9. The van der Waals surface area contributed by atoms with Gasteiger partial charge in [-0.05, 0) is 75.3 Å². The van der Waals surface area contributed by atoms with E-state index in [2.05, 4.69) is 4.90 Å². The highest BCUT2D eigenvalue weighted by Gasteiger charge is 2.66. The van der Waals surface area contributed by atoms with Gasteiger partial charge in [0.05, 0.1) is 34.0 Å². The van der Waals surface area contributed by atoms with Crippen molar-refractivity contribution >= 4 is 35.1 Å². The van der Waals surface area contributed by atoms with Gasteiger partial charge in [0.25, 0.3) is 0 Å². The molecule has 4 nitrogen and oxygen atoms in total. The minimum atomic E-state index is -0.511. The van der Waals surface area contributed by atoms with Gasteiger partial charge < -0.3 is 9.64 Å². The second kappa shape index (κ2) is 6.37. The zero-order valence-corrected chi connectivity index (χ0v) is 18.6. The predicted octanol–water partition coefficient (Wildman–Crippen LogP) is 5.27. The van der Waals surface area contributed by atoms with Crippen molar-refractivity contribution < 1.29 is 14.3 Å². The summed E-state index contributed by atoms with van der Waals surface area (Å²) in [5.74, 6) is 1.39. The van der Waals surface area contributed by atoms with Gasteiger partial charge in [0.2, 0.25) is 5.91 Å². The van der Waals surface area contributed by atoms with Crippen molar-refractivity contribution in [3.8, 4) is 0 Å². The molecule has 0 N–H and O–H groups in total. The van der Waals surface area contributed by atoms with Crippen molar-refractivity contribution in [2.45, 2.75) is 58.0 Å². The van der Waals surface area contributed by atoms with Crippen molar-refractivity contribution in [1.29, 1.82) is 0 Å². The number of esters is 1. The van der Waals surface area contributed by atoms with Gasteiger partial charge in [0.1, 0.15) is 0 Å². The van der Waals surface area contributed by atoms with Crippen LogP contribution >= 0.6 is 23.2 Å². The summed E-state index contributed by atoms with van der Waals surface area (Å²) in [6, 6.07) is 5.77. The van der Waals surface area contributed by atoms with Crippen LogP contribution in [-0.4, -0.2) is 29.9 Å². The number of rotatable bonds is 3. The number of likely N-dealkylation sites (tertiary alicyclic amines) is 1. The van der Waals surface area contributed by atoms with E-state index in [1.165, 1.54) is 7.11 Å². The van der Waals surface area contributed by atoms with E-state index in [0.29, 0.717) is 27.8 Å². The third-order valence-corrected chi connectivity index (χ3v) is 9.02. The molecule has 6 heteroatoms. The molecule has 6 rings (SSSR count). The molecule has 1 aliphatic heterocycles. The molecule has 0 radical (unpaired) electrons. The lowest BCUT2D eigenvalue weighted by Crippen LogP contribution is -2.70. The zero-order chi connectivity index (χ0) is 20.7. The maximum Gasteiger partial charge on any atom is 0.311 e. The summed E-state index contributed by atoms with van der Waals surface area (Å²) in [6.07, 6.45) is 4.80. The third-order valence-electron chi connectivity index (χ3n) is 8.19. The number of benzene rings is 1. The molecule has 4 saturated carbocycles. The maximum atomic E-state index is 13.3. The normalized spacial score (nSPS) is 39.4. The summed E-state index contributed by atoms with van der Waals surface area (Å²) < 4.78 is 5.19. The minimum Gasteiger partial charge on any atom is -0.469 e. The standard InChI is InChI=1S/C23H27Cl2NO3/c1-22(2)19(15-5-4-6-16(24)17(15)25)26(20(22)27)18-13-7-12-8-14(18)11-23(9-12,10-13)21(28)29-3/h4-6,12-14,18-19H,7-11H2,1-3H3. The van der Waals surface area contributed by atoms with Crippen LogP contribution in [0, 0.1) is 28.6 Å². The average molecular weight is 436 g/mol. The van der Waals surface area contributed by atoms with E-state index in [0.717, 1.165) is 37.7 Å². The fourth-order valence-electron chi connectivity index (χ4n) is 7.34. The summed E-state index contributed by atoms with van der Waals surface area (Å²) in [6.45, 7) is 4.00. The Labute approximate surface area is 181 Å². The molecule has 29 heavy (non-hydrogen) atoms. The number of ether oxygens (including phenoxy) is 1. The number of carbonyl (C=O) groups is 2. The summed E-state index contributed by atoms with van der Waals surface area (Å²) in [5.41, 5.74) is 0.0810. The fourth-order valence-corrected chi connectivity index (χ4v) is 7.76. The van der Waals surface area contributed by atoms with Crippen LogP contribution < -0.4 is 0 Å². The molecule has 0 aromatic heterocycles. The van der Waals surface area contributed by atoms with E-state index in [9.17, 15) is 9.59 Å². The Morgan fingerprint density at radius 3 is 2.41 bits per heavy atom. The SMILES string of the molecule is COC(=O)C12CC3CC(C1)C(N1C(=O)C(C)(C)C1c1cccc(Cl)c1Cl)C(C3)C2. The summed E-state index contributed by atoms with van der Waals surface area (Å²) in [4.78, 5) is 28.0. The summed E-state index contributed by atoms with van der Waals surface area (Å²) in [7, 11) is 1.50. The number of hydrogen-bond acceptors (Lipinski definition) is 3. The molecule has 4 bridgehead atoms. The second-order valence-electron chi connectivity index (χ2n) is 10.2. The first-order valence-electron chi connectivity index (χ1n) is 10.5. The molecule has 3 unspecified atom stereocenters. The van der Waals surface area contributed by atoms with E-state index in [1.54, 1.807) is 6.07 Å². The Morgan fingerprint density at radius 1 is 1.14 bits per heavy atom. The zero-order valence-electron chi connectivity index (χ0n) is 17.1. The smallest absolute Gasteiger partial charge is 0.311 e. The molecule has 1 aromatic rings. The topological polar surface area (TPSA) is 46.6 Å². The minimum absolute atomic E-state index is 0.0555. The first-order chi connectivity index (χ1) is 13.7. The molecule has 1 saturated heterocycles. The van der Waals surface area contributed by atoms with Crippen LogP contribution in [0.5, 0.6) is 0 Å². The van der Waals surface area contributed by atoms with Crippen molar-refractivity contribution in [1.82, 2.24) is 4.90 Å². The van der Waals surface area contributed by atoms with Crippen LogP contribution in [0.2, 0.25) is 10.0 Å². The number of nitrogens with zero attached hydrogens (tertiary/aromatic N) is 1. The van der Waals surface area contributed by atoms with Crippen LogP contribution in [0.3, 0.4) is 0 Å². The number of carbonyl (C=O) groups excluding carboxylic acids is 2. The Hall–Kier alpha value is -1.26. The molecule has 4 aliphatic carbocycles. The van der Waals surface area contributed by atoms with Crippen LogP contribution in [0.25, 0.3) is 0 Å². The highest BCUT2D eigenvalue weighted by molar-refractivity contribution is 6.42. The molecule has 1 heterocycles. The van der Waals surface area contributed by atoms with Crippen LogP contribution in [0.1, 0.15) is 57.6 Å². The van der Waals surface area contributed by atoms with Crippen molar-refractivity contribution in [3.63, 3.8) is 0 Å². The van der Waals surface area contributed by atoms with Gasteiger partial charge in [0.15, 0.2) is 0 Å². The summed E-state index contributed by atoms with van der Waals surface area (Å²) in [5, 5.41) is 1.06. The Balaban J connectivity index is 1.52. The molecule has 156 valence electrons. The van der Waals surface area contributed by atoms with Crippen molar-refractivity contribution in [2.24, 2.45) is 28.6 Å². The molecule has 1 aromatic carbocycles. The lowest BCUT2D eigenvalue weighted by atomic mass is 9.47. The molecular weight excluding hydrogens is 409 g/mol. The number of amides is 1. The monoisotopic (exact) mass is 435 g/mol. The highest BCUT2D eigenvalue weighted by Crippen LogP contribution is 2.65. The highest BCUT2D eigenvalue weighted by atomic mass is 35.5. The van der Waals surface area contributed by atoms with Crippen LogP contribution in [0.15, 0.2) is 18.2 Å². The average Bonchev–Trinajstić information content (AvgIpc) is 2.68. The maximum absolute atomic E-state index is 13.3. The molecular formula is C23H27Cl2NO3. The van der Waals surface area contributed by atoms with E-state index in [-0.39, 0.29) is 29.4 Å². The fraction of sp³-hybridized carbons (Fsp3) is 0.652. The van der Waals surface area contributed by atoms with Crippen molar-refractivity contribution in [3.05, 3.63) is 33.8 Å². The lowest BCUT2D eigenvalue weighted by Gasteiger charge is -2.66. The van der Waals surface area contributed by atoms with Crippen LogP contribution in [0.4, 0.5) is 0 Å². The van der Waals surface area contributed by atoms with E-state index in [4.69, 9.17) is 27.9 Å². The van der Waals surface area contributed by atoms with Gasteiger partial charge >= 0.3 is 5.97 Å². The molecule has 5 aliphatic rings. The molecule has 1 amide bonds. The molecule has 0 spiro atoms. The van der Waals surface area contributed by atoms with Crippen LogP contribution in [-0.2, 0) is 14.3 Å².